The third-order valence-electron chi connectivity index (χ3n) is 5.48. The van der Waals surface area contributed by atoms with Crippen LogP contribution in [-0.2, 0) is 9.59 Å². The van der Waals surface area contributed by atoms with Crippen molar-refractivity contribution in [1.29, 1.82) is 0 Å². The summed E-state index contributed by atoms with van der Waals surface area (Å²) in [6.07, 6.45) is 7.25. The van der Waals surface area contributed by atoms with Crippen molar-refractivity contribution in [2.45, 2.75) is 70.4 Å². The van der Waals surface area contributed by atoms with E-state index in [0.29, 0.717) is 18.8 Å². The molecule has 4 nitrogen and oxygen atoms in total. The van der Waals surface area contributed by atoms with Gasteiger partial charge in [-0.25, -0.2) is 0 Å². The topological polar surface area (TPSA) is 49.4 Å². The van der Waals surface area contributed by atoms with E-state index in [9.17, 15) is 9.59 Å². The van der Waals surface area contributed by atoms with Crippen LogP contribution in [0.5, 0.6) is 0 Å². The van der Waals surface area contributed by atoms with Crippen LogP contribution in [0.2, 0.25) is 0 Å². The van der Waals surface area contributed by atoms with Gasteiger partial charge in [0.05, 0.1) is 0 Å². The van der Waals surface area contributed by atoms with E-state index in [2.05, 4.69) is 5.32 Å². The molecule has 1 atom stereocenters. The Morgan fingerprint density at radius 2 is 1.80 bits per heavy atom. The molecule has 0 bridgehead atoms. The number of amides is 2. The number of hydrogen-bond donors (Lipinski definition) is 1. The number of carbonyl (C=O) groups excluding carboxylic acids is 2. The van der Waals surface area contributed by atoms with Gasteiger partial charge in [0.1, 0.15) is 11.6 Å². The van der Waals surface area contributed by atoms with Gasteiger partial charge in [0.2, 0.25) is 11.8 Å². The molecule has 4 heteroatoms. The highest BCUT2D eigenvalue weighted by molar-refractivity contribution is 6.00. The number of nitrogens with one attached hydrogen (secondary N) is 1. The molecule has 0 aromatic carbocycles. The fourth-order valence-corrected chi connectivity index (χ4v) is 3.58. The molecule has 1 aliphatic heterocycles. The minimum absolute atomic E-state index is 0.0785. The molecule has 1 unspecified atom stereocenters. The summed E-state index contributed by atoms with van der Waals surface area (Å²) in [7, 11) is 0. The average molecular weight is 278 g/mol. The van der Waals surface area contributed by atoms with Crippen LogP contribution in [0.1, 0.15) is 58.8 Å². The van der Waals surface area contributed by atoms with Gasteiger partial charge in [0, 0.05) is 6.54 Å². The molecule has 3 rings (SSSR count). The van der Waals surface area contributed by atoms with Gasteiger partial charge in [-0.3, -0.25) is 9.59 Å². The first-order valence-corrected chi connectivity index (χ1v) is 8.24. The Morgan fingerprint density at radius 3 is 2.30 bits per heavy atom. The van der Waals surface area contributed by atoms with Crippen LogP contribution in [0.4, 0.5) is 0 Å². The van der Waals surface area contributed by atoms with E-state index >= 15 is 0 Å². The minimum Gasteiger partial charge on any atom is -0.342 e. The van der Waals surface area contributed by atoms with Gasteiger partial charge in [-0.15, -0.1) is 0 Å². The molecule has 20 heavy (non-hydrogen) atoms. The summed E-state index contributed by atoms with van der Waals surface area (Å²) in [4.78, 5) is 27.4. The molecule has 1 heterocycles. The van der Waals surface area contributed by atoms with Gasteiger partial charge in [-0.05, 0) is 43.9 Å². The molecule has 0 radical (unpaired) electrons. The second kappa shape index (κ2) is 5.05. The fourth-order valence-electron chi connectivity index (χ4n) is 3.58. The first kappa shape index (κ1) is 13.9. The molecule has 1 saturated heterocycles. The number of nitrogens with zero attached hydrogens (tertiary/aromatic N) is 1. The molecule has 2 aliphatic carbocycles. The molecule has 0 spiro atoms. The molecular formula is C16H26N2O2. The van der Waals surface area contributed by atoms with E-state index < -0.39 is 5.54 Å². The van der Waals surface area contributed by atoms with Crippen LogP contribution in [0.15, 0.2) is 0 Å². The van der Waals surface area contributed by atoms with Crippen molar-refractivity contribution in [3.8, 4) is 0 Å². The maximum atomic E-state index is 12.8. The second-order valence-corrected chi connectivity index (χ2v) is 6.75. The summed E-state index contributed by atoms with van der Waals surface area (Å²) in [6, 6.07) is -0.243. The number of rotatable bonds is 6. The van der Waals surface area contributed by atoms with Gasteiger partial charge in [0.15, 0.2) is 0 Å². The zero-order valence-electron chi connectivity index (χ0n) is 12.7. The molecule has 3 aliphatic rings. The predicted molar refractivity (Wildman–Crippen MR) is 77.0 cm³/mol. The summed E-state index contributed by atoms with van der Waals surface area (Å²) in [5.41, 5.74) is -0.600. The van der Waals surface area contributed by atoms with Crippen molar-refractivity contribution in [2.24, 2.45) is 11.8 Å². The van der Waals surface area contributed by atoms with Gasteiger partial charge in [-0.2, -0.15) is 0 Å². The van der Waals surface area contributed by atoms with Crippen LogP contribution >= 0.6 is 0 Å². The molecule has 1 N–H and O–H groups in total. The minimum atomic E-state index is -0.600. The van der Waals surface area contributed by atoms with Crippen LogP contribution in [0, 0.1) is 11.8 Å². The van der Waals surface area contributed by atoms with E-state index in [1.807, 2.05) is 18.7 Å². The maximum Gasteiger partial charge on any atom is 0.246 e. The lowest BCUT2D eigenvalue weighted by atomic mass is 9.85. The lowest BCUT2D eigenvalue weighted by Crippen LogP contribution is -2.70. The van der Waals surface area contributed by atoms with E-state index in [-0.39, 0.29) is 17.9 Å². The summed E-state index contributed by atoms with van der Waals surface area (Å²) < 4.78 is 0. The molecule has 2 amide bonds. The Hall–Kier alpha value is -1.06. The van der Waals surface area contributed by atoms with Crippen molar-refractivity contribution >= 4 is 11.8 Å². The first-order valence-electron chi connectivity index (χ1n) is 8.24. The van der Waals surface area contributed by atoms with Gasteiger partial charge in [0.25, 0.3) is 0 Å². The Kier molecular flexibility index (Phi) is 3.51. The fraction of sp³-hybridized carbons (Fsp3) is 0.875. The Labute approximate surface area is 121 Å². The maximum absolute atomic E-state index is 12.8. The number of carbonyl (C=O) groups is 2. The van der Waals surface area contributed by atoms with Gasteiger partial charge >= 0.3 is 0 Å². The summed E-state index contributed by atoms with van der Waals surface area (Å²) in [6.45, 7) is 4.82. The second-order valence-electron chi connectivity index (χ2n) is 6.75. The molecular weight excluding hydrogens is 252 g/mol. The average Bonchev–Trinajstić information content (AvgIpc) is 3.32. The Bertz CT molecular complexity index is 409. The van der Waals surface area contributed by atoms with Crippen LogP contribution in [0.25, 0.3) is 0 Å². The smallest absolute Gasteiger partial charge is 0.246 e. The number of piperazine rings is 1. The normalized spacial score (nSPS) is 29.5. The monoisotopic (exact) mass is 278 g/mol. The van der Waals surface area contributed by atoms with Gasteiger partial charge in [-0.1, -0.05) is 26.7 Å². The molecule has 2 saturated carbocycles. The zero-order valence-corrected chi connectivity index (χ0v) is 12.7. The van der Waals surface area contributed by atoms with E-state index in [1.165, 1.54) is 12.8 Å². The standard InChI is InChI=1S/C16H26N2O2/c1-3-16(4-2)15(20)17-13(12-7-8-12)14(19)18(16)10-9-11-5-6-11/h11-13H,3-10H2,1-2H3,(H,17,20). The highest BCUT2D eigenvalue weighted by atomic mass is 16.2. The summed E-state index contributed by atoms with van der Waals surface area (Å²) in [5, 5.41) is 3.02. The lowest BCUT2D eigenvalue weighted by molar-refractivity contribution is -0.159. The highest BCUT2D eigenvalue weighted by Gasteiger charge is 2.53. The zero-order chi connectivity index (χ0) is 14.3. The Morgan fingerprint density at radius 1 is 1.15 bits per heavy atom. The van der Waals surface area contributed by atoms with Crippen molar-refractivity contribution in [1.82, 2.24) is 10.2 Å². The predicted octanol–water partition coefficient (Wildman–Crippen LogP) is 2.08. The highest BCUT2D eigenvalue weighted by Crippen LogP contribution is 2.40. The van der Waals surface area contributed by atoms with Crippen molar-refractivity contribution in [3.63, 3.8) is 0 Å². The SMILES string of the molecule is CCC1(CC)C(=O)NC(C2CC2)C(=O)N1CCC1CC1. The third kappa shape index (κ3) is 2.23. The lowest BCUT2D eigenvalue weighted by Gasteiger charge is -2.48. The first-order chi connectivity index (χ1) is 9.62. The molecule has 3 fully saturated rings. The molecule has 0 aromatic rings. The van der Waals surface area contributed by atoms with Crippen LogP contribution < -0.4 is 5.32 Å². The molecule has 112 valence electrons. The van der Waals surface area contributed by atoms with Crippen LogP contribution in [-0.4, -0.2) is 34.8 Å². The van der Waals surface area contributed by atoms with Crippen molar-refractivity contribution in [3.05, 3.63) is 0 Å². The summed E-state index contributed by atoms with van der Waals surface area (Å²) >= 11 is 0. The number of hydrogen-bond acceptors (Lipinski definition) is 2. The van der Waals surface area contributed by atoms with E-state index in [0.717, 1.165) is 31.7 Å². The van der Waals surface area contributed by atoms with Gasteiger partial charge < -0.3 is 10.2 Å². The van der Waals surface area contributed by atoms with Crippen molar-refractivity contribution < 1.29 is 9.59 Å². The van der Waals surface area contributed by atoms with Crippen LogP contribution in [0.3, 0.4) is 0 Å². The quantitative estimate of drug-likeness (QED) is 0.808. The largest absolute Gasteiger partial charge is 0.342 e. The van der Waals surface area contributed by atoms with E-state index in [1.54, 1.807) is 0 Å². The van der Waals surface area contributed by atoms with Crippen molar-refractivity contribution in [2.75, 3.05) is 6.54 Å². The van der Waals surface area contributed by atoms with E-state index in [4.69, 9.17) is 0 Å². The Balaban J connectivity index is 1.82. The molecule has 0 aromatic heterocycles. The third-order valence-corrected chi connectivity index (χ3v) is 5.48. The summed E-state index contributed by atoms with van der Waals surface area (Å²) in [5.74, 6) is 1.44.